The molecule has 1 saturated heterocycles. The Bertz CT molecular complexity index is 801. The van der Waals surface area contributed by atoms with Crippen molar-refractivity contribution in [3.8, 4) is 0 Å². The van der Waals surface area contributed by atoms with Crippen molar-refractivity contribution in [2.75, 3.05) is 37.8 Å². The molecule has 2 heterocycles. The van der Waals surface area contributed by atoms with E-state index < -0.39 is 10.9 Å². The molecule has 1 aromatic carbocycles. The van der Waals surface area contributed by atoms with Crippen LogP contribution in [-0.4, -0.2) is 43.8 Å². The van der Waals surface area contributed by atoms with Gasteiger partial charge in [0.1, 0.15) is 5.69 Å². The number of hydrogen-bond donors (Lipinski definition) is 0. The number of nitro groups is 1. The van der Waals surface area contributed by atoms with Crippen LogP contribution in [0.25, 0.3) is 0 Å². The zero-order chi connectivity index (χ0) is 18.5. The fourth-order valence-electron chi connectivity index (χ4n) is 2.79. The minimum Gasteiger partial charge on any atom is -0.462 e. The van der Waals surface area contributed by atoms with Crippen LogP contribution >= 0.6 is 11.3 Å². The number of carbonyl (C=O) groups is 1. The minimum atomic E-state index is -0.556. The van der Waals surface area contributed by atoms with E-state index in [1.54, 1.807) is 23.5 Å². The highest BCUT2D eigenvalue weighted by molar-refractivity contribution is 7.09. The van der Waals surface area contributed by atoms with E-state index in [9.17, 15) is 14.9 Å². The molecule has 1 aromatic heterocycles. The van der Waals surface area contributed by atoms with E-state index in [4.69, 9.17) is 9.47 Å². The topological polar surface area (TPSA) is 96.0 Å². The molecule has 0 saturated carbocycles. The monoisotopic (exact) mass is 378 g/mol. The number of ether oxygens (including phenoxy) is 2. The van der Waals surface area contributed by atoms with Crippen LogP contribution in [0.3, 0.4) is 0 Å². The van der Waals surface area contributed by atoms with Crippen molar-refractivity contribution < 1.29 is 24.2 Å². The van der Waals surface area contributed by atoms with Crippen molar-refractivity contribution >= 4 is 28.7 Å². The largest absolute Gasteiger partial charge is 0.462 e. The lowest BCUT2D eigenvalue weighted by atomic mass is 10.1. The van der Waals surface area contributed by atoms with E-state index in [0.717, 1.165) is 10.6 Å². The Hall–Kier alpha value is -2.52. The molecular weight excluding hydrogens is 358 g/mol. The molecule has 3 rings (SSSR count). The zero-order valence-electron chi connectivity index (χ0n) is 14.4. The zero-order valence-corrected chi connectivity index (χ0v) is 15.2. The van der Waals surface area contributed by atoms with Crippen LogP contribution in [0.15, 0.2) is 23.7 Å². The van der Waals surface area contributed by atoms with Gasteiger partial charge >= 0.3 is 5.97 Å². The normalized spacial score (nSPS) is 14.3. The highest BCUT2D eigenvalue weighted by Crippen LogP contribution is 2.30. The predicted molar refractivity (Wildman–Crippen MR) is 95.7 cm³/mol. The van der Waals surface area contributed by atoms with Gasteiger partial charge in [0.25, 0.3) is 5.69 Å². The van der Waals surface area contributed by atoms with Crippen LogP contribution < -0.4 is 9.88 Å². The maximum Gasteiger partial charge on any atom is 0.338 e. The van der Waals surface area contributed by atoms with Gasteiger partial charge in [0.15, 0.2) is 5.69 Å². The van der Waals surface area contributed by atoms with E-state index >= 15 is 0 Å². The first kappa shape index (κ1) is 18.3. The van der Waals surface area contributed by atoms with Crippen molar-refractivity contribution in [1.82, 2.24) is 0 Å². The van der Waals surface area contributed by atoms with Gasteiger partial charge in [-0.3, -0.25) is 10.1 Å². The Kier molecular flexibility index (Phi) is 5.79. The number of thiazole rings is 1. The quantitative estimate of drug-likeness (QED) is 0.433. The van der Waals surface area contributed by atoms with Crippen molar-refractivity contribution in [3.05, 3.63) is 50.0 Å². The van der Waals surface area contributed by atoms with E-state index in [1.165, 1.54) is 6.07 Å². The highest BCUT2D eigenvalue weighted by atomic mass is 32.1. The van der Waals surface area contributed by atoms with Gasteiger partial charge in [-0.25, -0.2) is 9.78 Å². The fraction of sp³-hybridized carbons (Fsp3) is 0.412. The van der Waals surface area contributed by atoms with E-state index in [-0.39, 0.29) is 17.9 Å². The van der Waals surface area contributed by atoms with E-state index in [2.05, 4.69) is 4.98 Å². The molecule has 1 aliphatic rings. The lowest BCUT2D eigenvalue weighted by molar-refractivity contribution is -0.384. The summed E-state index contributed by atoms with van der Waals surface area (Å²) in [7, 11) is 0. The first-order valence-electron chi connectivity index (χ1n) is 8.29. The highest BCUT2D eigenvalue weighted by Gasteiger charge is 2.23. The van der Waals surface area contributed by atoms with Crippen LogP contribution in [-0.2, 0) is 15.9 Å². The Morgan fingerprint density at radius 2 is 2.19 bits per heavy atom. The summed E-state index contributed by atoms with van der Waals surface area (Å²) in [6.45, 7) is 4.42. The first-order valence-corrected chi connectivity index (χ1v) is 9.17. The van der Waals surface area contributed by atoms with Gasteiger partial charge in [-0.05, 0) is 12.1 Å². The molecule has 0 spiro atoms. The minimum absolute atomic E-state index is 0.0925. The van der Waals surface area contributed by atoms with Gasteiger partial charge in [-0.1, -0.05) is 11.3 Å². The average Bonchev–Trinajstić information content (AvgIpc) is 3.06. The van der Waals surface area contributed by atoms with Crippen LogP contribution in [0.1, 0.15) is 20.9 Å². The van der Waals surface area contributed by atoms with Gasteiger partial charge in [0.2, 0.25) is 5.51 Å². The number of morpholine rings is 1. The number of rotatable bonds is 6. The maximum absolute atomic E-state index is 12.2. The number of nitrogens with zero attached hydrogens (tertiary/aromatic N) is 2. The summed E-state index contributed by atoms with van der Waals surface area (Å²) in [6.07, 6.45) is 0.611. The summed E-state index contributed by atoms with van der Waals surface area (Å²) in [6, 6.07) is 4.47. The summed E-state index contributed by atoms with van der Waals surface area (Å²) >= 11 is 1.57. The molecule has 1 N–H and O–H groups in total. The van der Waals surface area contributed by atoms with Crippen LogP contribution in [0.5, 0.6) is 0 Å². The van der Waals surface area contributed by atoms with Crippen molar-refractivity contribution in [2.45, 2.75) is 13.3 Å². The van der Waals surface area contributed by atoms with Gasteiger partial charge < -0.3 is 14.4 Å². The molecule has 1 fully saturated rings. The number of aryl methyl sites for hydroxylation is 1. The number of esters is 1. The van der Waals surface area contributed by atoms with Crippen molar-refractivity contribution in [2.24, 2.45) is 0 Å². The third-order valence-electron chi connectivity index (χ3n) is 4.22. The molecule has 9 heteroatoms. The van der Waals surface area contributed by atoms with Crippen LogP contribution in [0.4, 0.5) is 11.4 Å². The number of anilines is 1. The van der Waals surface area contributed by atoms with Crippen LogP contribution in [0.2, 0.25) is 0 Å². The lowest BCUT2D eigenvalue weighted by Gasteiger charge is -2.28. The second kappa shape index (κ2) is 8.24. The number of benzene rings is 1. The molecule has 0 amide bonds. The van der Waals surface area contributed by atoms with Gasteiger partial charge in [0, 0.05) is 32.5 Å². The van der Waals surface area contributed by atoms with E-state index in [1.807, 2.05) is 17.3 Å². The first-order chi connectivity index (χ1) is 12.6. The van der Waals surface area contributed by atoms with E-state index in [0.29, 0.717) is 38.4 Å². The third-order valence-corrected chi connectivity index (χ3v) is 5.25. The second-order valence-corrected chi connectivity index (χ2v) is 6.84. The number of hydrogen-bond acceptors (Lipinski definition) is 7. The number of nitrogens with one attached hydrogen (secondary N) is 1. The Labute approximate surface area is 154 Å². The summed E-state index contributed by atoms with van der Waals surface area (Å²) in [5, 5.41) is 11.4. The average molecular weight is 378 g/mol. The number of aromatic nitrogens is 1. The Balaban J connectivity index is 1.69. The predicted octanol–water partition coefficient (Wildman–Crippen LogP) is 2.01. The molecule has 0 bridgehead atoms. The Morgan fingerprint density at radius 1 is 1.42 bits per heavy atom. The SMILES string of the molecule is Cc1[nH+]csc1CCOC(=O)c1ccc(N2CCOCC2)c([N+](=O)[O-])c1. The maximum atomic E-state index is 12.2. The Morgan fingerprint density at radius 3 is 2.85 bits per heavy atom. The second-order valence-electron chi connectivity index (χ2n) is 5.87. The molecule has 26 heavy (non-hydrogen) atoms. The molecule has 8 nitrogen and oxygen atoms in total. The number of aromatic amines is 1. The van der Waals surface area contributed by atoms with Gasteiger partial charge in [-0.15, -0.1) is 0 Å². The molecular formula is C17H20N3O5S+. The summed E-state index contributed by atoms with van der Waals surface area (Å²) in [5.41, 5.74) is 3.52. The fourth-order valence-corrected chi connectivity index (χ4v) is 3.61. The standard InChI is InChI=1S/C17H19N3O5S/c1-12-16(26-11-18-12)4-7-25-17(21)13-2-3-14(15(10-13)20(22)23)19-5-8-24-9-6-19/h2-3,10-11H,4-9H2,1H3/p+1. The van der Waals surface area contributed by atoms with Crippen molar-refractivity contribution in [1.29, 1.82) is 0 Å². The third kappa shape index (κ3) is 4.17. The number of carbonyl (C=O) groups excluding carboxylic acids is 1. The summed E-state index contributed by atoms with van der Waals surface area (Å²) in [4.78, 5) is 29.3. The molecule has 0 unspecified atom stereocenters. The molecule has 1 aliphatic heterocycles. The van der Waals surface area contributed by atoms with Crippen molar-refractivity contribution in [3.63, 3.8) is 0 Å². The van der Waals surface area contributed by atoms with Gasteiger partial charge in [0.05, 0.1) is 35.2 Å². The molecule has 2 aromatic rings. The lowest BCUT2D eigenvalue weighted by Crippen LogP contribution is -2.36. The van der Waals surface area contributed by atoms with Crippen LogP contribution in [0, 0.1) is 17.0 Å². The summed E-state index contributed by atoms with van der Waals surface area (Å²) < 4.78 is 10.6. The van der Waals surface area contributed by atoms with Gasteiger partial charge in [-0.2, -0.15) is 0 Å². The smallest absolute Gasteiger partial charge is 0.338 e. The molecule has 0 aliphatic carbocycles. The number of H-pyrrole nitrogens is 1. The summed E-state index contributed by atoms with van der Waals surface area (Å²) in [5.74, 6) is -0.556. The molecule has 0 radical (unpaired) electrons. The molecule has 138 valence electrons. The number of nitro benzene ring substituents is 1. The molecule has 0 atom stereocenters.